The van der Waals surface area contributed by atoms with Gasteiger partial charge in [-0.05, 0) is 72.6 Å². The highest BCUT2D eigenvalue weighted by molar-refractivity contribution is 6.08. The summed E-state index contributed by atoms with van der Waals surface area (Å²) in [5, 5.41) is 5.84. The van der Waals surface area contributed by atoms with E-state index in [-0.39, 0.29) is 11.8 Å². The number of rotatable bonds is 8. The van der Waals surface area contributed by atoms with Crippen molar-refractivity contribution in [2.45, 2.75) is 13.5 Å². The molecule has 0 aliphatic rings. The summed E-state index contributed by atoms with van der Waals surface area (Å²) in [4.78, 5) is 27.7. The minimum atomic E-state index is -0.260. The first-order valence-corrected chi connectivity index (χ1v) is 11.7. The van der Waals surface area contributed by atoms with Gasteiger partial charge < -0.3 is 20.3 Å². The zero-order valence-electron chi connectivity index (χ0n) is 20.6. The van der Waals surface area contributed by atoms with Crippen LogP contribution in [0, 0.1) is 6.92 Å². The molecule has 2 N–H and O–H groups in total. The number of ether oxygens (including phenoxy) is 1. The minimum absolute atomic E-state index is 0.249. The Morgan fingerprint density at radius 1 is 0.750 bits per heavy atom. The van der Waals surface area contributed by atoms with Gasteiger partial charge in [-0.15, -0.1) is 0 Å². The lowest BCUT2D eigenvalue weighted by molar-refractivity contribution is 0.101. The first-order chi connectivity index (χ1) is 17.4. The van der Waals surface area contributed by atoms with Crippen LogP contribution in [0.4, 0.5) is 17.1 Å². The average molecular weight is 480 g/mol. The Bertz CT molecular complexity index is 1350. The summed E-state index contributed by atoms with van der Waals surface area (Å²) in [6.45, 7) is 2.35. The van der Waals surface area contributed by atoms with E-state index in [2.05, 4.69) is 10.6 Å². The van der Waals surface area contributed by atoms with E-state index in [0.29, 0.717) is 34.9 Å². The van der Waals surface area contributed by atoms with Crippen molar-refractivity contribution in [1.82, 2.24) is 0 Å². The standard InChI is InChI=1S/C30H29N3O3/c1-21-12-13-24(30(35)31-25-10-7-11-26(19-25)33(2)3)18-28(21)32-29(34)23-14-16-27(17-15-23)36-20-22-8-5-4-6-9-22/h4-19H,20H2,1-3H3,(H,31,35)(H,32,34). The van der Waals surface area contributed by atoms with Crippen molar-refractivity contribution in [2.24, 2.45) is 0 Å². The molecule has 182 valence electrons. The number of nitrogens with zero attached hydrogens (tertiary/aromatic N) is 1. The summed E-state index contributed by atoms with van der Waals surface area (Å²) < 4.78 is 5.80. The third-order valence-corrected chi connectivity index (χ3v) is 5.73. The van der Waals surface area contributed by atoms with E-state index in [9.17, 15) is 9.59 Å². The number of hydrogen-bond donors (Lipinski definition) is 2. The van der Waals surface area contributed by atoms with E-state index in [0.717, 1.165) is 16.8 Å². The first kappa shape index (κ1) is 24.5. The first-order valence-electron chi connectivity index (χ1n) is 11.7. The van der Waals surface area contributed by atoms with Crippen molar-refractivity contribution in [1.29, 1.82) is 0 Å². The second-order valence-electron chi connectivity index (χ2n) is 8.68. The van der Waals surface area contributed by atoms with Crippen LogP contribution in [0.5, 0.6) is 5.75 Å². The van der Waals surface area contributed by atoms with Crippen LogP contribution in [0.1, 0.15) is 31.8 Å². The van der Waals surface area contributed by atoms with Crippen LogP contribution >= 0.6 is 0 Å². The average Bonchev–Trinajstić information content (AvgIpc) is 2.89. The van der Waals surface area contributed by atoms with Gasteiger partial charge in [0.15, 0.2) is 0 Å². The maximum absolute atomic E-state index is 12.9. The molecule has 0 unspecified atom stereocenters. The van der Waals surface area contributed by atoms with Crippen LogP contribution < -0.4 is 20.3 Å². The summed E-state index contributed by atoms with van der Waals surface area (Å²) >= 11 is 0. The number of nitrogens with one attached hydrogen (secondary N) is 2. The quantitative estimate of drug-likeness (QED) is 0.318. The molecule has 36 heavy (non-hydrogen) atoms. The molecule has 0 radical (unpaired) electrons. The Hall–Kier alpha value is -4.58. The van der Waals surface area contributed by atoms with Crippen LogP contribution in [-0.4, -0.2) is 25.9 Å². The van der Waals surface area contributed by atoms with E-state index < -0.39 is 0 Å². The van der Waals surface area contributed by atoms with Crippen molar-refractivity contribution >= 4 is 28.9 Å². The van der Waals surface area contributed by atoms with Crippen LogP contribution in [0.15, 0.2) is 97.1 Å². The van der Waals surface area contributed by atoms with Crippen LogP contribution in [0.2, 0.25) is 0 Å². The lowest BCUT2D eigenvalue weighted by Crippen LogP contribution is -2.16. The third kappa shape index (κ3) is 6.30. The maximum Gasteiger partial charge on any atom is 0.255 e. The number of hydrogen-bond acceptors (Lipinski definition) is 4. The number of anilines is 3. The number of benzene rings is 4. The molecule has 4 aromatic carbocycles. The van der Waals surface area contributed by atoms with Gasteiger partial charge in [0.1, 0.15) is 12.4 Å². The molecule has 0 aliphatic carbocycles. The van der Waals surface area contributed by atoms with Gasteiger partial charge in [-0.25, -0.2) is 0 Å². The van der Waals surface area contributed by atoms with Gasteiger partial charge in [-0.3, -0.25) is 9.59 Å². The molecular formula is C30H29N3O3. The molecule has 0 bridgehead atoms. The Kier molecular flexibility index (Phi) is 7.66. The second kappa shape index (κ2) is 11.2. The van der Waals surface area contributed by atoms with E-state index in [1.165, 1.54) is 0 Å². The van der Waals surface area contributed by atoms with Gasteiger partial charge >= 0.3 is 0 Å². The second-order valence-corrected chi connectivity index (χ2v) is 8.68. The smallest absolute Gasteiger partial charge is 0.255 e. The molecular weight excluding hydrogens is 450 g/mol. The fourth-order valence-corrected chi connectivity index (χ4v) is 3.60. The molecule has 0 saturated carbocycles. The number of carbonyl (C=O) groups excluding carboxylic acids is 2. The monoisotopic (exact) mass is 479 g/mol. The highest BCUT2D eigenvalue weighted by atomic mass is 16.5. The summed E-state index contributed by atoms with van der Waals surface area (Å²) in [5.74, 6) is 0.175. The highest BCUT2D eigenvalue weighted by Crippen LogP contribution is 2.22. The predicted molar refractivity (Wildman–Crippen MR) is 145 cm³/mol. The fraction of sp³-hybridized carbons (Fsp3) is 0.133. The van der Waals surface area contributed by atoms with E-state index >= 15 is 0 Å². The molecule has 0 heterocycles. The van der Waals surface area contributed by atoms with Crippen LogP contribution in [0.3, 0.4) is 0 Å². The molecule has 6 nitrogen and oxygen atoms in total. The van der Waals surface area contributed by atoms with Crippen molar-refractivity contribution in [2.75, 3.05) is 29.6 Å². The Morgan fingerprint density at radius 2 is 1.44 bits per heavy atom. The topological polar surface area (TPSA) is 70.7 Å². The molecule has 4 aromatic rings. The zero-order valence-corrected chi connectivity index (χ0v) is 20.6. The fourth-order valence-electron chi connectivity index (χ4n) is 3.60. The Balaban J connectivity index is 1.40. The molecule has 0 spiro atoms. The normalized spacial score (nSPS) is 10.4. The van der Waals surface area contributed by atoms with Crippen LogP contribution in [-0.2, 0) is 6.61 Å². The largest absolute Gasteiger partial charge is 0.489 e. The predicted octanol–water partition coefficient (Wildman–Crippen LogP) is 6.14. The molecule has 4 rings (SSSR count). The molecule has 6 heteroatoms. The lowest BCUT2D eigenvalue weighted by Gasteiger charge is -2.14. The third-order valence-electron chi connectivity index (χ3n) is 5.73. The van der Waals surface area contributed by atoms with Crippen molar-refractivity contribution in [3.05, 3.63) is 119 Å². The van der Waals surface area contributed by atoms with E-state index in [1.54, 1.807) is 36.4 Å². The lowest BCUT2D eigenvalue weighted by atomic mass is 10.1. The van der Waals surface area contributed by atoms with Gasteiger partial charge in [-0.1, -0.05) is 42.5 Å². The molecule has 0 fully saturated rings. The summed E-state index contributed by atoms with van der Waals surface area (Å²) in [7, 11) is 3.89. The van der Waals surface area contributed by atoms with Crippen molar-refractivity contribution in [3.63, 3.8) is 0 Å². The zero-order chi connectivity index (χ0) is 25.5. The van der Waals surface area contributed by atoms with Gasteiger partial charge in [0, 0.05) is 42.3 Å². The number of aryl methyl sites for hydroxylation is 1. The maximum atomic E-state index is 12.9. The minimum Gasteiger partial charge on any atom is -0.489 e. The van der Waals surface area contributed by atoms with Crippen molar-refractivity contribution in [3.8, 4) is 5.75 Å². The Labute approximate surface area is 211 Å². The van der Waals surface area contributed by atoms with Gasteiger partial charge in [0.25, 0.3) is 11.8 Å². The van der Waals surface area contributed by atoms with Gasteiger partial charge in [0.05, 0.1) is 0 Å². The summed E-state index contributed by atoms with van der Waals surface area (Å²) in [6, 6.07) is 29.8. The molecule has 0 saturated heterocycles. The van der Waals surface area contributed by atoms with Crippen LogP contribution in [0.25, 0.3) is 0 Å². The molecule has 0 aromatic heterocycles. The molecule has 0 aliphatic heterocycles. The number of carbonyl (C=O) groups is 2. The Morgan fingerprint density at radius 3 is 2.17 bits per heavy atom. The highest BCUT2D eigenvalue weighted by Gasteiger charge is 2.13. The van der Waals surface area contributed by atoms with Gasteiger partial charge in [-0.2, -0.15) is 0 Å². The van der Waals surface area contributed by atoms with E-state index in [4.69, 9.17) is 4.74 Å². The number of amides is 2. The van der Waals surface area contributed by atoms with Crippen molar-refractivity contribution < 1.29 is 14.3 Å². The summed E-state index contributed by atoms with van der Waals surface area (Å²) in [6.07, 6.45) is 0. The molecule has 2 amide bonds. The SMILES string of the molecule is Cc1ccc(C(=O)Nc2cccc(N(C)C)c2)cc1NC(=O)c1ccc(OCc2ccccc2)cc1. The van der Waals surface area contributed by atoms with Gasteiger partial charge in [0.2, 0.25) is 0 Å². The summed E-state index contributed by atoms with van der Waals surface area (Å²) in [5.41, 5.74) is 5.15. The molecule has 0 atom stereocenters. The van der Waals surface area contributed by atoms with E-state index in [1.807, 2.05) is 86.6 Å².